The Labute approximate surface area is 182 Å². The van der Waals surface area contributed by atoms with Crippen molar-refractivity contribution in [2.75, 3.05) is 45.8 Å². The molecule has 0 spiro atoms. The van der Waals surface area contributed by atoms with Crippen molar-refractivity contribution in [3.63, 3.8) is 0 Å². The molecule has 5 heterocycles. The third-order valence-corrected chi connectivity index (χ3v) is 9.03. The van der Waals surface area contributed by atoms with Crippen molar-refractivity contribution in [1.29, 1.82) is 0 Å². The monoisotopic (exact) mass is 450 g/mol. The minimum Gasteiger partial charge on any atom is -0.339 e. The number of hydrogen-bond donors (Lipinski definition) is 0. The zero-order valence-corrected chi connectivity index (χ0v) is 18.7. The van der Waals surface area contributed by atoms with Crippen molar-refractivity contribution in [2.24, 2.45) is 18.9 Å². The molecule has 4 fully saturated rings. The average Bonchev–Trinajstić information content (AvgIpc) is 3.21. The Hall–Kier alpha value is -2.14. The number of urea groups is 1. The van der Waals surface area contributed by atoms with E-state index in [0.29, 0.717) is 44.4 Å². The van der Waals surface area contributed by atoms with E-state index in [1.165, 1.54) is 16.8 Å². The number of amides is 3. The number of imidazole rings is 1. The van der Waals surface area contributed by atoms with E-state index in [2.05, 4.69) is 9.88 Å². The summed E-state index contributed by atoms with van der Waals surface area (Å²) in [5.41, 5.74) is 0. The Kier molecular flexibility index (Phi) is 5.20. The van der Waals surface area contributed by atoms with E-state index >= 15 is 0 Å². The van der Waals surface area contributed by atoms with Crippen LogP contribution in [0.25, 0.3) is 0 Å². The molecule has 4 saturated heterocycles. The minimum absolute atomic E-state index is 0.000157. The molecule has 0 N–H and O–H groups in total. The summed E-state index contributed by atoms with van der Waals surface area (Å²) in [5, 5.41) is 0.0465. The zero-order valence-electron chi connectivity index (χ0n) is 17.9. The lowest BCUT2D eigenvalue weighted by Crippen LogP contribution is -2.63. The fourth-order valence-corrected chi connectivity index (χ4v) is 7.13. The maximum Gasteiger partial charge on any atom is 0.320 e. The highest BCUT2D eigenvalue weighted by atomic mass is 32.2. The molecule has 2 bridgehead atoms. The highest BCUT2D eigenvalue weighted by molar-refractivity contribution is 7.89. The first-order valence-corrected chi connectivity index (χ1v) is 12.6. The van der Waals surface area contributed by atoms with Crippen LogP contribution in [0.5, 0.6) is 0 Å². The van der Waals surface area contributed by atoms with Gasteiger partial charge in [0.2, 0.25) is 5.91 Å². The predicted molar refractivity (Wildman–Crippen MR) is 111 cm³/mol. The van der Waals surface area contributed by atoms with Gasteiger partial charge in [-0.25, -0.2) is 18.2 Å². The lowest BCUT2D eigenvalue weighted by molar-refractivity contribution is -0.144. The summed E-state index contributed by atoms with van der Waals surface area (Å²) in [6.07, 6.45) is 6.70. The molecule has 31 heavy (non-hydrogen) atoms. The normalized spacial score (nSPS) is 29.8. The van der Waals surface area contributed by atoms with E-state index in [9.17, 15) is 18.0 Å². The molecule has 0 saturated carbocycles. The number of rotatable bonds is 2. The molecule has 5 rings (SSSR count). The van der Waals surface area contributed by atoms with Gasteiger partial charge in [-0.15, -0.1) is 0 Å². The number of carbonyl (C=O) groups excluding carboxylic acids is 2. The van der Waals surface area contributed by atoms with Gasteiger partial charge in [0.1, 0.15) is 0 Å². The molecule has 4 aliphatic rings. The van der Waals surface area contributed by atoms with Crippen LogP contribution in [0.15, 0.2) is 17.6 Å². The maximum absolute atomic E-state index is 13.2. The third-order valence-electron chi connectivity index (χ3n) is 7.24. The summed E-state index contributed by atoms with van der Waals surface area (Å²) in [6, 6.07) is 0.272. The van der Waals surface area contributed by atoms with Crippen LogP contribution in [0.1, 0.15) is 25.7 Å². The molecule has 3 amide bonds. The van der Waals surface area contributed by atoms with Crippen LogP contribution < -0.4 is 0 Å². The van der Waals surface area contributed by atoms with Crippen LogP contribution in [-0.2, 0) is 21.9 Å². The summed E-state index contributed by atoms with van der Waals surface area (Å²) < 4.78 is 28.6. The van der Waals surface area contributed by atoms with E-state index in [0.717, 1.165) is 25.8 Å². The van der Waals surface area contributed by atoms with Gasteiger partial charge in [0, 0.05) is 71.5 Å². The lowest BCUT2D eigenvalue weighted by atomic mass is 9.76. The van der Waals surface area contributed by atoms with E-state index in [1.54, 1.807) is 16.5 Å². The maximum atomic E-state index is 13.2. The Morgan fingerprint density at radius 2 is 1.87 bits per heavy atom. The molecule has 3 atom stereocenters. The second-order valence-electron chi connectivity index (χ2n) is 9.32. The fourth-order valence-electron chi connectivity index (χ4n) is 5.74. The van der Waals surface area contributed by atoms with Crippen LogP contribution in [0.4, 0.5) is 4.79 Å². The average molecular weight is 451 g/mol. The predicted octanol–water partition coefficient (Wildman–Crippen LogP) is 0.179. The van der Waals surface area contributed by atoms with Crippen LogP contribution in [0.3, 0.4) is 0 Å². The number of nitrogens with zero attached hydrogens (tertiary/aromatic N) is 6. The molecule has 4 aliphatic heterocycles. The molecule has 10 nitrogen and oxygen atoms in total. The molecule has 0 aliphatic carbocycles. The van der Waals surface area contributed by atoms with Crippen molar-refractivity contribution in [1.82, 2.24) is 28.6 Å². The molecule has 11 heteroatoms. The third kappa shape index (κ3) is 3.71. The molecular weight excluding hydrogens is 420 g/mol. The van der Waals surface area contributed by atoms with Crippen molar-refractivity contribution in [3.05, 3.63) is 12.5 Å². The number of likely N-dealkylation sites (tertiary alicyclic amines) is 1. The number of hydrogen-bond acceptors (Lipinski definition) is 5. The summed E-state index contributed by atoms with van der Waals surface area (Å²) >= 11 is 0. The topological polar surface area (TPSA) is 99.1 Å². The first-order valence-electron chi connectivity index (χ1n) is 11.1. The number of sulfonamides is 1. The number of aromatic nitrogens is 2. The smallest absolute Gasteiger partial charge is 0.320 e. The van der Waals surface area contributed by atoms with Crippen LogP contribution >= 0.6 is 0 Å². The van der Waals surface area contributed by atoms with Gasteiger partial charge in [-0.3, -0.25) is 4.79 Å². The zero-order chi connectivity index (χ0) is 21.8. The van der Waals surface area contributed by atoms with E-state index < -0.39 is 10.0 Å². The fraction of sp³-hybridized carbons (Fsp3) is 0.750. The SMILES string of the molecule is Cn1cnc(S(=O)(=O)N2CCN(C(=O)N3C[C@H]4C[C@H](C3)[C@H]3CCCC(=O)N3C4)CC2)c1. The van der Waals surface area contributed by atoms with E-state index in [1.807, 2.05) is 4.90 Å². The molecule has 1 aromatic rings. The number of piperidine rings is 3. The molecule has 0 radical (unpaired) electrons. The van der Waals surface area contributed by atoms with E-state index in [4.69, 9.17) is 0 Å². The Morgan fingerprint density at radius 1 is 1.10 bits per heavy atom. The number of carbonyl (C=O) groups is 2. The van der Waals surface area contributed by atoms with Crippen LogP contribution in [-0.4, -0.2) is 101 Å². The Morgan fingerprint density at radius 3 is 2.58 bits per heavy atom. The minimum atomic E-state index is -3.63. The summed E-state index contributed by atoms with van der Waals surface area (Å²) in [7, 11) is -1.90. The molecule has 0 aromatic carbocycles. The van der Waals surface area contributed by atoms with E-state index in [-0.39, 0.29) is 36.1 Å². The summed E-state index contributed by atoms with van der Waals surface area (Å²) in [4.78, 5) is 35.3. The Bertz CT molecular complexity index is 970. The standard InChI is InChI=1S/C20H30N6O4S/c1-22-13-18(21-14-22)31(29,30)25-7-5-23(6-8-25)20(28)24-10-15-9-16(12-24)17-3-2-4-19(27)26(17)11-15/h13-17H,2-12H2,1H3/t15-,16-,17-/m1/s1. The first kappa shape index (κ1) is 20.7. The van der Waals surface area contributed by atoms with Crippen LogP contribution in [0.2, 0.25) is 0 Å². The van der Waals surface area contributed by atoms with Crippen molar-refractivity contribution in [3.8, 4) is 0 Å². The number of aryl methyl sites for hydroxylation is 1. The van der Waals surface area contributed by atoms with Gasteiger partial charge in [-0.2, -0.15) is 4.31 Å². The number of fused-ring (bicyclic) bond motifs is 4. The highest BCUT2D eigenvalue weighted by Crippen LogP contribution is 2.38. The molecule has 1 aromatic heterocycles. The summed E-state index contributed by atoms with van der Waals surface area (Å²) in [6.45, 7) is 3.44. The van der Waals surface area contributed by atoms with Crippen molar-refractivity contribution < 1.29 is 18.0 Å². The van der Waals surface area contributed by atoms with Gasteiger partial charge in [0.05, 0.1) is 6.33 Å². The molecule has 170 valence electrons. The molecular formula is C20H30N6O4S. The second-order valence-corrected chi connectivity index (χ2v) is 11.2. The van der Waals surface area contributed by atoms with Gasteiger partial charge < -0.3 is 19.3 Å². The molecule has 0 unspecified atom stereocenters. The van der Waals surface area contributed by atoms with Gasteiger partial charge in [0.25, 0.3) is 10.0 Å². The largest absolute Gasteiger partial charge is 0.339 e. The van der Waals surface area contributed by atoms with Gasteiger partial charge >= 0.3 is 6.03 Å². The first-order chi connectivity index (χ1) is 14.8. The lowest BCUT2D eigenvalue weighted by Gasteiger charge is -2.53. The second kappa shape index (κ2) is 7.77. The van der Waals surface area contributed by atoms with Crippen molar-refractivity contribution in [2.45, 2.75) is 36.8 Å². The van der Waals surface area contributed by atoms with Gasteiger partial charge in [-0.1, -0.05) is 0 Å². The summed E-state index contributed by atoms with van der Waals surface area (Å²) in [5.74, 6) is 0.967. The quantitative estimate of drug-likeness (QED) is 0.640. The van der Waals surface area contributed by atoms with Gasteiger partial charge in [0.15, 0.2) is 5.03 Å². The Balaban J connectivity index is 1.21. The number of piperazine rings is 1. The van der Waals surface area contributed by atoms with Crippen LogP contribution in [0, 0.1) is 11.8 Å². The van der Waals surface area contributed by atoms with Gasteiger partial charge in [-0.05, 0) is 31.1 Å². The van der Waals surface area contributed by atoms with Crippen molar-refractivity contribution >= 4 is 22.0 Å². The highest BCUT2D eigenvalue weighted by Gasteiger charge is 2.45.